The molecule has 136 valence electrons. The maximum Gasteiger partial charge on any atom is 0.293 e. The van der Waals surface area contributed by atoms with Crippen molar-refractivity contribution >= 4 is 49.3 Å². The number of halogens is 1. The number of piperidine rings is 1. The van der Waals surface area contributed by atoms with Crippen LogP contribution in [0.4, 0.5) is 5.13 Å². The molecule has 0 unspecified atom stereocenters. The van der Waals surface area contributed by atoms with Crippen LogP contribution < -0.4 is 5.32 Å². The molecule has 26 heavy (non-hydrogen) atoms. The van der Waals surface area contributed by atoms with E-state index in [1.807, 2.05) is 30.5 Å². The Labute approximate surface area is 164 Å². The molecule has 1 amide bonds. The van der Waals surface area contributed by atoms with Crippen molar-refractivity contribution in [3.63, 3.8) is 0 Å². The fourth-order valence-electron chi connectivity index (χ4n) is 3.35. The number of hydrogen-bond donors (Lipinski definition) is 1. The second-order valence-electron chi connectivity index (χ2n) is 6.63. The Morgan fingerprint density at radius 3 is 2.96 bits per heavy atom. The highest BCUT2D eigenvalue weighted by atomic mass is 79.9. The minimum Gasteiger partial charge on any atom is -0.451 e. The zero-order valence-electron chi connectivity index (χ0n) is 14.5. The van der Waals surface area contributed by atoms with Gasteiger partial charge in [-0.05, 0) is 51.1 Å². The van der Waals surface area contributed by atoms with E-state index in [1.54, 1.807) is 0 Å². The number of hydrogen-bond acceptors (Lipinski definition) is 5. The molecule has 4 rings (SSSR count). The monoisotopic (exact) mass is 433 g/mol. The minimum atomic E-state index is -0.256. The largest absolute Gasteiger partial charge is 0.451 e. The summed E-state index contributed by atoms with van der Waals surface area (Å²) in [7, 11) is 0. The molecular formula is C19H20BrN3O2S. The van der Waals surface area contributed by atoms with E-state index >= 15 is 0 Å². The third-order valence-corrected chi connectivity index (χ3v) is 6.01. The fourth-order valence-corrected chi connectivity index (χ4v) is 4.40. The highest BCUT2D eigenvalue weighted by Gasteiger charge is 2.19. The van der Waals surface area contributed by atoms with Crippen LogP contribution in [0.3, 0.4) is 0 Å². The van der Waals surface area contributed by atoms with Crippen LogP contribution in [-0.4, -0.2) is 28.9 Å². The molecule has 0 atom stereocenters. The summed E-state index contributed by atoms with van der Waals surface area (Å²) >= 11 is 4.91. The minimum absolute atomic E-state index is 0.256. The molecule has 0 saturated carbocycles. The molecule has 5 nitrogen and oxygen atoms in total. The van der Waals surface area contributed by atoms with E-state index in [4.69, 9.17) is 4.42 Å². The SMILES string of the molecule is Cc1c(C(=O)Nc2nc(CN3CCCCC3)cs2)oc2ccc(Br)cc12. The highest BCUT2D eigenvalue weighted by Crippen LogP contribution is 2.29. The van der Waals surface area contributed by atoms with Crippen LogP contribution in [0.5, 0.6) is 0 Å². The predicted octanol–water partition coefficient (Wildman–Crippen LogP) is 5.20. The van der Waals surface area contributed by atoms with Gasteiger partial charge in [0.15, 0.2) is 10.9 Å². The van der Waals surface area contributed by atoms with Gasteiger partial charge in [0.1, 0.15) is 5.58 Å². The lowest BCUT2D eigenvalue weighted by atomic mass is 10.1. The lowest BCUT2D eigenvalue weighted by Crippen LogP contribution is -2.29. The van der Waals surface area contributed by atoms with E-state index < -0.39 is 0 Å². The van der Waals surface area contributed by atoms with Crippen molar-refractivity contribution < 1.29 is 9.21 Å². The summed E-state index contributed by atoms with van der Waals surface area (Å²) in [4.78, 5) is 19.6. The second kappa shape index (κ2) is 7.50. The highest BCUT2D eigenvalue weighted by molar-refractivity contribution is 9.10. The van der Waals surface area contributed by atoms with Gasteiger partial charge in [0.2, 0.25) is 0 Å². The number of amides is 1. The Hall–Kier alpha value is -1.70. The first-order chi connectivity index (χ1) is 12.6. The Kier molecular flexibility index (Phi) is 5.11. The van der Waals surface area contributed by atoms with Gasteiger partial charge in [0.25, 0.3) is 5.91 Å². The molecule has 1 N–H and O–H groups in total. The first kappa shape index (κ1) is 17.7. The Balaban J connectivity index is 1.47. The van der Waals surface area contributed by atoms with Gasteiger partial charge in [-0.15, -0.1) is 11.3 Å². The fraction of sp³-hybridized carbons (Fsp3) is 0.368. The standard InChI is InChI=1S/C19H20BrN3O2S/c1-12-15-9-13(20)5-6-16(15)25-17(12)18(24)22-19-21-14(11-26-19)10-23-7-3-2-4-8-23/h5-6,9,11H,2-4,7-8,10H2,1H3,(H,21,22,24). The maximum atomic E-state index is 12.6. The summed E-state index contributed by atoms with van der Waals surface area (Å²) in [5.74, 6) is 0.0829. The summed E-state index contributed by atoms with van der Waals surface area (Å²) in [6.07, 6.45) is 3.84. The molecule has 1 fully saturated rings. The molecule has 0 spiro atoms. The van der Waals surface area contributed by atoms with Gasteiger partial charge in [-0.1, -0.05) is 22.4 Å². The number of likely N-dealkylation sites (tertiary alicyclic amines) is 1. The van der Waals surface area contributed by atoms with Gasteiger partial charge in [0.05, 0.1) is 5.69 Å². The van der Waals surface area contributed by atoms with E-state index in [9.17, 15) is 4.79 Å². The molecule has 0 bridgehead atoms. The first-order valence-corrected chi connectivity index (χ1v) is 10.4. The third kappa shape index (κ3) is 3.70. The molecular weight excluding hydrogens is 414 g/mol. The van der Waals surface area contributed by atoms with Crippen molar-refractivity contribution in [3.05, 3.63) is 45.1 Å². The predicted molar refractivity (Wildman–Crippen MR) is 108 cm³/mol. The molecule has 1 aromatic carbocycles. The van der Waals surface area contributed by atoms with E-state index in [1.165, 1.54) is 30.6 Å². The maximum absolute atomic E-state index is 12.6. The van der Waals surface area contributed by atoms with Crippen LogP contribution in [-0.2, 0) is 6.54 Å². The third-order valence-electron chi connectivity index (χ3n) is 4.71. The molecule has 3 heterocycles. The number of furan rings is 1. The van der Waals surface area contributed by atoms with Gasteiger partial charge >= 0.3 is 0 Å². The number of nitrogens with one attached hydrogen (secondary N) is 1. The second-order valence-corrected chi connectivity index (χ2v) is 8.41. The normalized spacial score (nSPS) is 15.5. The number of aryl methyl sites for hydroxylation is 1. The van der Waals surface area contributed by atoms with E-state index in [0.29, 0.717) is 16.5 Å². The van der Waals surface area contributed by atoms with Crippen molar-refractivity contribution in [2.75, 3.05) is 18.4 Å². The Bertz CT molecular complexity index is 944. The van der Waals surface area contributed by atoms with Crippen LogP contribution in [0.15, 0.2) is 32.5 Å². The van der Waals surface area contributed by atoms with Gasteiger partial charge in [-0.3, -0.25) is 15.0 Å². The molecule has 3 aromatic rings. The van der Waals surface area contributed by atoms with Crippen molar-refractivity contribution in [2.45, 2.75) is 32.7 Å². The van der Waals surface area contributed by atoms with Crippen LogP contribution in [0.1, 0.15) is 41.1 Å². The molecule has 0 aliphatic carbocycles. The molecule has 1 aliphatic rings. The average Bonchev–Trinajstić information content (AvgIpc) is 3.20. The van der Waals surface area contributed by atoms with E-state index in [0.717, 1.165) is 40.8 Å². The van der Waals surface area contributed by atoms with E-state index in [2.05, 4.69) is 31.1 Å². The number of carbonyl (C=O) groups is 1. The lowest BCUT2D eigenvalue weighted by molar-refractivity contribution is 0.0998. The number of aromatic nitrogens is 1. The number of benzene rings is 1. The van der Waals surface area contributed by atoms with Gasteiger partial charge in [-0.25, -0.2) is 4.98 Å². The zero-order valence-corrected chi connectivity index (χ0v) is 17.0. The number of nitrogens with zero attached hydrogens (tertiary/aromatic N) is 2. The molecule has 7 heteroatoms. The summed E-state index contributed by atoms with van der Waals surface area (Å²) in [5.41, 5.74) is 2.56. The van der Waals surface area contributed by atoms with Crippen molar-refractivity contribution in [1.29, 1.82) is 0 Å². The van der Waals surface area contributed by atoms with Gasteiger partial charge in [-0.2, -0.15) is 0 Å². The van der Waals surface area contributed by atoms with E-state index in [-0.39, 0.29) is 5.91 Å². The molecule has 1 aliphatic heterocycles. The number of anilines is 1. The summed E-state index contributed by atoms with van der Waals surface area (Å²) in [6.45, 7) is 5.01. The van der Waals surface area contributed by atoms with Crippen LogP contribution >= 0.6 is 27.3 Å². The van der Waals surface area contributed by atoms with Gasteiger partial charge in [0, 0.05) is 27.3 Å². The number of fused-ring (bicyclic) bond motifs is 1. The molecule has 1 saturated heterocycles. The first-order valence-electron chi connectivity index (χ1n) is 8.77. The summed E-state index contributed by atoms with van der Waals surface area (Å²) in [5, 5.41) is 6.45. The smallest absolute Gasteiger partial charge is 0.293 e. The summed E-state index contributed by atoms with van der Waals surface area (Å²) in [6, 6.07) is 5.73. The average molecular weight is 434 g/mol. The quantitative estimate of drug-likeness (QED) is 0.614. The van der Waals surface area contributed by atoms with Gasteiger partial charge < -0.3 is 4.42 Å². The molecule has 0 radical (unpaired) electrons. The van der Waals surface area contributed by atoms with Crippen LogP contribution in [0, 0.1) is 6.92 Å². The van der Waals surface area contributed by atoms with Crippen LogP contribution in [0.2, 0.25) is 0 Å². The van der Waals surface area contributed by atoms with Crippen molar-refractivity contribution in [2.24, 2.45) is 0 Å². The summed E-state index contributed by atoms with van der Waals surface area (Å²) < 4.78 is 6.71. The van der Waals surface area contributed by atoms with Crippen molar-refractivity contribution in [1.82, 2.24) is 9.88 Å². The van der Waals surface area contributed by atoms with Crippen molar-refractivity contribution in [3.8, 4) is 0 Å². The number of thiazole rings is 1. The number of carbonyl (C=O) groups excluding carboxylic acids is 1. The number of rotatable bonds is 4. The molecule has 2 aromatic heterocycles. The Morgan fingerprint density at radius 2 is 2.15 bits per heavy atom. The lowest BCUT2D eigenvalue weighted by Gasteiger charge is -2.25. The Morgan fingerprint density at radius 1 is 1.35 bits per heavy atom. The topological polar surface area (TPSA) is 58.4 Å². The van der Waals surface area contributed by atoms with Crippen LogP contribution in [0.25, 0.3) is 11.0 Å². The zero-order chi connectivity index (χ0) is 18.1.